The number of aromatic nitrogens is 2. The molecule has 0 bridgehead atoms. The van der Waals surface area contributed by atoms with E-state index in [9.17, 15) is 9.18 Å². The van der Waals surface area contributed by atoms with E-state index in [4.69, 9.17) is 5.73 Å². The maximum Gasteiger partial charge on any atom is 0.240 e. The molecular weight excluding hydrogens is 271 g/mol. The minimum absolute atomic E-state index is 0.169. The first-order valence-electron chi connectivity index (χ1n) is 6.85. The van der Waals surface area contributed by atoms with E-state index in [0.29, 0.717) is 29.9 Å². The molecule has 1 saturated carbocycles. The van der Waals surface area contributed by atoms with Crippen molar-refractivity contribution in [3.05, 3.63) is 47.8 Å². The van der Waals surface area contributed by atoms with Gasteiger partial charge in [0.05, 0.1) is 11.2 Å². The summed E-state index contributed by atoms with van der Waals surface area (Å²) in [5.41, 5.74) is 6.23. The number of nitrogens with one attached hydrogen (secondary N) is 1. The fraction of sp³-hybridized carbons (Fsp3) is 0.333. The Kier molecular flexibility index (Phi) is 3.25. The summed E-state index contributed by atoms with van der Waals surface area (Å²) in [5, 5.41) is 2.74. The maximum atomic E-state index is 14.2. The van der Waals surface area contributed by atoms with Crippen LogP contribution < -0.4 is 11.1 Å². The highest BCUT2D eigenvalue weighted by molar-refractivity contribution is 5.88. The topological polar surface area (TPSA) is 72.9 Å². The molecule has 0 aliphatic heterocycles. The molecule has 1 heterocycles. The van der Waals surface area contributed by atoms with Gasteiger partial charge in [0, 0.05) is 18.9 Å². The van der Waals surface area contributed by atoms with Crippen LogP contribution >= 0.6 is 0 Å². The average Bonchev–Trinajstić information content (AvgIpc) is 3.07. The van der Waals surface area contributed by atoms with Crippen LogP contribution in [0.15, 0.2) is 30.6 Å². The molecule has 1 aliphatic rings. The molecule has 3 N–H and O–H groups in total. The van der Waals surface area contributed by atoms with Gasteiger partial charge in [0.2, 0.25) is 5.91 Å². The van der Waals surface area contributed by atoms with E-state index >= 15 is 0 Å². The van der Waals surface area contributed by atoms with Crippen LogP contribution in [0.2, 0.25) is 0 Å². The summed E-state index contributed by atoms with van der Waals surface area (Å²) in [6, 6.07) is 4.89. The van der Waals surface area contributed by atoms with Gasteiger partial charge >= 0.3 is 0 Å². The SMILES string of the molecule is Cc1nccn1-c1ccc(CNC(=O)C2(N)CC2)cc1F. The molecule has 0 spiro atoms. The van der Waals surface area contributed by atoms with Crippen molar-refractivity contribution < 1.29 is 9.18 Å². The number of carbonyl (C=O) groups is 1. The first-order chi connectivity index (χ1) is 9.99. The Balaban J connectivity index is 1.72. The molecule has 21 heavy (non-hydrogen) atoms. The lowest BCUT2D eigenvalue weighted by molar-refractivity contribution is -0.123. The normalized spacial score (nSPS) is 15.8. The second-order valence-corrected chi connectivity index (χ2v) is 5.47. The van der Waals surface area contributed by atoms with Crippen LogP contribution in [0.3, 0.4) is 0 Å². The summed E-state index contributed by atoms with van der Waals surface area (Å²) in [7, 11) is 0. The van der Waals surface area contributed by atoms with E-state index in [-0.39, 0.29) is 18.3 Å². The lowest BCUT2D eigenvalue weighted by atomic mass is 10.1. The van der Waals surface area contributed by atoms with E-state index < -0.39 is 5.54 Å². The molecule has 1 aromatic heterocycles. The Morgan fingerprint density at radius 1 is 1.52 bits per heavy atom. The number of carbonyl (C=O) groups excluding carboxylic acids is 1. The lowest BCUT2D eigenvalue weighted by Gasteiger charge is -2.11. The Labute approximate surface area is 122 Å². The summed E-state index contributed by atoms with van der Waals surface area (Å²) in [6.45, 7) is 2.09. The molecule has 0 saturated heterocycles. The Hall–Kier alpha value is -2.21. The fourth-order valence-corrected chi connectivity index (χ4v) is 2.21. The third kappa shape index (κ3) is 2.67. The summed E-state index contributed by atoms with van der Waals surface area (Å²) >= 11 is 0. The molecule has 1 aromatic carbocycles. The quantitative estimate of drug-likeness (QED) is 0.894. The third-order valence-electron chi connectivity index (χ3n) is 3.79. The van der Waals surface area contributed by atoms with Crippen LogP contribution in [0.5, 0.6) is 0 Å². The average molecular weight is 288 g/mol. The van der Waals surface area contributed by atoms with Gasteiger partial charge in [-0.25, -0.2) is 9.37 Å². The van der Waals surface area contributed by atoms with Crippen molar-refractivity contribution >= 4 is 5.91 Å². The minimum Gasteiger partial charge on any atom is -0.350 e. The highest BCUT2D eigenvalue weighted by Crippen LogP contribution is 2.32. The molecule has 110 valence electrons. The van der Waals surface area contributed by atoms with Crippen LogP contribution in [0.1, 0.15) is 24.2 Å². The summed E-state index contributed by atoms with van der Waals surface area (Å²) in [5.74, 6) is 0.197. The number of nitrogens with two attached hydrogens (primary N) is 1. The first-order valence-corrected chi connectivity index (χ1v) is 6.85. The van der Waals surface area contributed by atoms with E-state index in [1.165, 1.54) is 6.07 Å². The number of benzene rings is 1. The smallest absolute Gasteiger partial charge is 0.240 e. The van der Waals surface area contributed by atoms with Crippen molar-refractivity contribution in [2.24, 2.45) is 5.73 Å². The van der Waals surface area contributed by atoms with Crippen LogP contribution in [0.4, 0.5) is 4.39 Å². The zero-order valence-corrected chi connectivity index (χ0v) is 11.8. The van der Waals surface area contributed by atoms with Crippen molar-refractivity contribution in [1.29, 1.82) is 0 Å². The molecule has 1 amide bonds. The highest BCUT2D eigenvalue weighted by atomic mass is 19.1. The van der Waals surface area contributed by atoms with Crippen molar-refractivity contribution in [3.8, 4) is 5.69 Å². The molecule has 0 unspecified atom stereocenters. The van der Waals surface area contributed by atoms with Crippen LogP contribution in [0, 0.1) is 12.7 Å². The zero-order valence-electron chi connectivity index (χ0n) is 11.8. The minimum atomic E-state index is -0.702. The van der Waals surface area contributed by atoms with Gasteiger partial charge in [0.1, 0.15) is 11.6 Å². The number of rotatable bonds is 4. The summed E-state index contributed by atoms with van der Waals surface area (Å²) in [6.07, 6.45) is 4.76. The maximum absolute atomic E-state index is 14.2. The molecular formula is C15H17FN4O. The standard InChI is InChI=1S/C15H17FN4O/c1-10-18-6-7-20(10)13-3-2-11(8-12(13)16)9-19-14(21)15(17)4-5-15/h2-3,6-8H,4-5,9,17H2,1H3,(H,19,21). The van der Waals surface area contributed by atoms with Gasteiger partial charge in [-0.05, 0) is 37.5 Å². The van der Waals surface area contributed by atoms with Crippen LogP contribution in [-0.4, -0.2) is 21.0 Å². The fourth-order valence-electron chi connectivity index (χ4n) is 2.21. The van der Waals surface area contributed by atoms with Gasteiger partial charge < -0.3 is 15.6 Å². The number of nitrogens with zero attached hydrogens (tertiary/aromatic N) is 2. The van der Waals surface area contributed by atoms with E-state index in [2.05, 4.69) is 10.3 Å². The third-order valence-corrected chi connectivity index (χ3v) is 3.79. The molecule has 6 heteroatoms. The number of aryl methyl sites for hydroxylation is 1. The largest absolute Gasteiger partial charge is 0.350 e. The van der Waals surface area contributed by atoms with Gasteiger partial charge in [-0.2, -0.15) is 0 Å². The van der Waals surface area contributed by atoms with Crippen molar-refractivity contribution in [1.82, 2.24) is 14.9 Å². The first kappa shape index (κ1) is 13.8. The van der Waals surface area contributed by atoms with Crippen molar-refractivity contribution in [2.75, 3.05) is 0 Å². The van der Waals surface area contributed by atoms with Gasteiger partial charge in [-0.3, -0.25) is 4.79 Å². The van der Waals surface area contributed by atoms with Crippen molar-refractivity contribution in [2.45, 2.75) is 31.8 Å². The number of hydrogen-bond donors (Lipinski definition) is 2. The number of halogens is 1. The Bertz CT molecular complexity index is 691. The summed E-state index contributed by atoms with van der Waals surface area (Å²) in [4.78, 5) is 15.8. The number of hydrogen-bond acceptors (Lipinski definition) is 3. The predicted molar refractivity (Wildman–Crippen MR) is 76.3 cm³/mol. The van der Waals surface area contributed by atoms with E-state index in [1.54, 1.807) is 29.1 Å². The lowest BCUT2D eigenvalue weighted by Crippen LogP contribution is -2.42. The predicted octanol–water partition coefficient (Wildman–Crippen LogP) is 1.43. The number of imidazole rings is 1. The Morgan fingerprint density at radius 2 is 2.29 bits per heavy atom. The zero-order chi connectivity index (χ0) is 15.0. The summed E-state index contributed by atoms with van der Waals surface area (Å²) < 4.78 is 15.9. The van der Waals surface area contributed by atoms with Gasteiger partial charge in [0.25, 0.3) is 0 Å². The highest BCUT2D eigenvalue weighted by Gasteiger charge is 2.45. The molecule has 5 nitrogen and oxygen atoms in total. The Morgan fingerprint density at radius 3 is 2.86 bits per heavy atom. The van der Waals surface area contributed by atoms with E-state index in [1.807, 2.05) is 6.92 Å². The second-order valence-electron chi connectivity index (χ2n) is 5.47. The van der Waals surface area contributed by atoms with E-state index in [0.717, 1.165) is 0 Å². The molecule has 0 atom stereocenters. The van der Waals surface area contributed by atoms with Crippen LogP contribution in [0.25, 0.3) is 5.69 Å². The molecule has 1 aliphatic carbocycles. The van der Waals surface area contributed by atoms with Gasteiger partial charge in [-0.1, -0.05) is 6.07 Å². The molecule has 0 radical (unpaired) electrons. The molecule has 3 rings (SSSR count). The second kappa shape index (κ2) is 4.96. The monoisotopic (exact) mass is 288 g/mol. The van der Waals surface area contributed by atoms with Gasteiger partial charge in [-0.15, -0.1) is 0 Å². The molecule has 2 aromatic rings. The number of amides is 1. The molecule has 1 fully saturated rings. The van der Waals surface area contributed by atoms with Crippen molar-refractivity contribution in [3.63, 3.8) is 0 Å². The van der Waals surface area contributed by atoms with Gasteiger partial charge in [0.15, 0.2) is 0 Å². The van der Waals surface area contributed by atoms with Crippen LogP contribution in [-0.2, 0) is 11.3 Å².